The highest BCUT2D eigenvalue weighted by Gasteiger charge is 2.25. The molecule has 0 aliphatic heterocycles. The number of allylic oxidation sites excluding steroid dienone is 2. The summed E-state index contributed by atoms with van der Waals surface area (Å²) >= 11 is 5.84. The summed E-state index contributed by atoms with van der Waals surface area (Å²) in [5.74, 6) is -0.822. The summed E-state index contributed by atoms with van der Waals surface area (Å²) in [5.41, 5.74) is 0.112. The molecule has 152 valence electrons. The third kappa shape index (κ3) is 5.23. The van der Waals surface area contributed by atoms with Gasteiger partial charge >= 0.3 is 5.97 Å². The number of carbonyl (C=O) groups excluding carboxylic acids is 2. The molecule has 2 aromatic rings. The molecule has 0 saturated carbocycles. The van der Waals surface area contributed by atoms with Crippen molar-refractivity contribution in [1.29, 1.82) is 0 Å². The standard InChI is InChI=1S/C20H19ClN2O6/c21-14-8-9-18(23(26)27)17(11-14)20(25)29-13-19(24)22(12-16-7-4-10-28-16)15-5-2-1-3-6-15/h4-5,7-11H,1-3,6,12-13H2. The first-order valence-electron chi connectivity index (χ1n) is 9.08. The van der Waals surface area contributed by atoms with Gasteiger partial charge in [-0.05, 0) is 49.9 Å². The average molecular weight is 419 g/mol. The number of nitro benzene ring substituents is 1. The Bertz CT molecular complexity index is 938. The molecule has 1 aromatic carbocycles. The molecule has 1 heterocycles. The zero-order chi connectivity index (χ0) is 20.8. The maximum atomic E-state index is 12.8. The fraction of sp³-hybridized carbons (Fsp3) is 0.300. The number of hydrogen-bond donors (Lipinski definition) is 0. The van der Waals surface area contributed by atoms with E-state index in [1.165, 1.54) is 17.2 Å². The van der Waals surface area contributed by atoms with Crippen LogP contribution in [-0.4, -0.2) is 28.3 Å². The molecular formula is C20H19ClN2O6. The maximum absolute atomic E-state index is 12.8. The minimum atomic E-state index is -0.983. The molecule has 1 aliphatic carbocycles. The molecule has 9 heteroatoms. The summed E-state index contributed by atoms with van der Waals surface area (Å²) in [6.45, 7) is -0.340. The van der Waals surface area contributed by atoms with E-state index in [1.54, 1.807) is 12.1 Å². The van der Waals surface area contributed by atoms with Crippen LogP contribution in [0.2, 0.25) is 5.02 Å². The van der Waals surface area contributed by atoms with Crippen LogP contribution in [0.15, 0.2) is 52.8 Å². The van der Waals surface area contributed by atoms with E-state index in [0.29, 0.717) is 5.76 Å². The molecule has 0 radical (unpaired) electrons. The number of amides is 1. The van der Waals surface area contributed by atoms with Crippen molar-refractivity contribution in [2.75, 3.05) is 6.61 Å². The highest BCUT2D eigenvalue weighted by atomic mass is 35.5. The van der Waals surface area contributed by atoms with E-state index in [9.17, 15) is 19.7 Å². The molecule has 0 fully saturated rings. The van der Waals surface area contributed by atoms with Gasteiger partial charge in [-0.1, -0.05) is 17.7 Å². The number of nitro groups is 1. The molecule has 8 nitrogen and oxygen atoms in total. The van der Waals surface area contributed by atoms with Crippen LogP contribution in [0, 0.1) is 10.1 Å². The van der Waals surface area contributed by atoms with Crippen LogP contribution in [0.3, 0.4) is 0 Å². The van der Waals surface area contributed by atoms with E-state index in [4.69, 9.17) is 20.8 Å². The van der Waals surface area contributed by atoms with Crippen LogP contribution < -0.4 is 0 Å². The van der Waals surface area contributed by atoms with Gasteiger partial charge in [0.25, 0.3) is 11.6 Å². The predicted molar refractivity (Wildman–Crippen MR) is 104 cm³/mol. The molecule has 1 aliphatic rings. The second kappa shape index (κ2) is 9.38. The molecule has 0 saturated heterocycles. The molecule has 0 bridgehead atoms. The lowest BCUT2D eigenvalue weighted by Gasteiger charge is -2.26. The Hall–Kier alpha value is -3.13. The third-order valence-corrected chi connectivity index (χ3v) is 4.75. The summed E-state index contributed by atoms with van der Waals surface area (Å²) in [6.07, 6.45) is 7.13. The summed E-state index contributed by atoms with van der Waals surface area (Å²) < 4.78 is 10.4. The Morgan fingerprint density at radius 3 is 2.76 bits per heavy atom. The van der Waals surface area contributed by atoms with Gasteiger partial charge in [-0.25, -0.2) is 4.79 Å². The summed E-state index contributed by atoms with van der Waals surface area (Å²) in [4.78, 5) is 37.1. The van der Waals surface area contributed by atoms with Crippen molar-refractivity contribution in [3.63, 3.8) is 0 Å². The van der Waals surface area contributed by atoms with Crippen LogP contribution in [0.25, 0.3) is 0 Å². The van der Waals surface area contributed by atoms with Gasteiger partial charge in [-0.15, -0.1) is 0 Å². The molecule has 0 N–H and O–H groups in total. The second-order valence-corrected chi connectivity index (χ2v) is 6.93. The van der Waals surface area contributed by atoms with E-state index < -0.39 is 29.1 Å². The Morgan fingerprint density at radius 1 is 1.28 bits per heavy atom. The molecule has 0 spiro atoms. The topological polar surface area (TPSA) is 103 Å². The smallest absolute Gasteiger partial charge is 0.345 e. The van der Waals surface area contributed by atoms with Crippen molar-refractivity contribution in [1.82, 2.24) is 4.90 Å². The molecule has 1 amide bonds. The number of furan rings is 1. The summed E-state index contributed by atoms with van der Waals surface area (Å²) in [5, 5.41) is 11.3. The first kappa shape index (κ1) is 20.6. The predicted octanol–water partition coefficient (Wildman–Crippen LogP) is 4.48. The fourth-order valence-corrected chi connectivity index (χ4v) is 3.26. The number of halogens is 1. The Morgan fingerprint density at radius 2 is 2.10 bits per heavy atom. The van der Waals surface area contributed by atoms with Crippen molar-refractivity contribution in [3.8, 4) is 0 Å². The molecule has 0 unspecified atom stereocenters. The Kier molecular flexibility index (Phi) is 6.66. The van der Waals surface area contributed by atoms with Gasteiger partial charge in [-0.2, -0.15) is 0 Å². The van der Waals surface area contributed by atoms with Gasteiger partial charge in [-0.3, -0.25) is 14.9 Å². The van der Waals surface area contributed by atoms with Gasteiger partial charge in [0.15, 0.2) is 6.61 Å². The van der Waals surface area contributed by atoms with Gasteiger partial charge in [0, 0.05) is 16.8 Å². The Labute approximate surface area is 171 Å². The van der Waals surface area contributed by atoms with Gasteiger partial charge in [0.1, 0.15) is 11.3 Å². The van der Waals surface area contributed by atoms with Crippen LogP contribution >= 0.6 is 11.6 Å². The van der Waals surface area contributed by atoms with E-state index in [-0.39, 0.29) is 17.1 Å². The minimum Gasteiger partial charge on any atom is -0.467 e. The van der Waals surface area contributed by atoms with Crippen molar-refractivity contribution in [2.45, 2.75) is 32.2 Å². The summed E-state index contributed by atoms with van der Waals surface area (Å²) in [7, 11) is 0. The SMILES string of the molecule is O=C(OCC(=O)N(Cc1ccco1)C1=CCCCC1)c1cc(Cl)ccc1[N+](=O)[O-]. The zero-order valence-corrected chi connectivity index (χ0v) is 16.3. The van der Waals surface area contributed by atoms with Crippen molar-refractivity contribution < 1.29 is 23.7 Å². The van der Waals surface area contributed by atoms with E-state index in [2.05, 4.69) is 0 Å². The summed E-state index contributed by atoms with van der Waals surface area (Å²) in [6, 6.07) is 7.06. The molecule has 0 atom stereocenters. The van der Waals surface area contributed by atoms with Crippen LogP contribution in [-0.2, 0) is 16.1 Å². The van der Waals surface area contributed by atoms with Crippen molar-refractivity contribution in [3.05, 3.63) is 74.8 Å². The minimum absolute atomic E-state index is 0.153. The number of ether oxygens (including phenoxy) is 1. The van der Waals surface area contributed by atoms with E-state index in [0.717, 1.165) is 43.5 Å². The molecule has 1 aromatic heterocycles. The van der Waals surface area contributed by atoms with Crippen LogP contribution in [0.5, 0.6) is 0 Å². The highest BCUT2D eigenvalue weighted by Crippen LogP contribution is 2.25. The van der Waals surface area contributed by atoms with Crippen LogP contribution in [0.4, 0.5) is 5.69 Å². The lowest BCUT2D eigenvalue weighted by atomic mass is 10.0. The van der Waals surface area contributed by atoms with Gasteiger partial charge in [0.05, 0.1) is 17.7 Å². The highest BCUT2D eigenvalue weighted by molar-refractivity contribution is 6.31. The number of carbonyl (C=O) groups is 2. The number of hydrogen-bond acceptors (Lipinski definition) is 6. The lowest BCUT2D eigenvalue weighted by Crippen LogP contribution is -2.34. The molecule has 29 heavy (non-hydrogen) atoms. The Balaban J connectivity index is 1.73. The second-order valence-electron chi connectivity index (χ2n) is 6.50. The zero-order valence-electron chi connectivity index (χ0n) is 15.5. The monoisotopic (exact) mass is 418 g/mol. The molecular weight excluding hydrogens is 400 g/mol. The van der Waals surface area contributed by atoms with Crippen LogP contribution in [0.1, 0.15) is 41.8 Å². The number of rotatable bonds is 7. The number of esters is 1. The number of benzene rings is 1. The van der Waals surface area contributed by atoms with Crippen molar-refractivity contribution >= 4 is 29.2 Å². The first-order valence-corrected chi connectivity index (χ1v) is 9.46. The van der Waals surface area contributed by atoms with E-state index >= 15 is 0 Å². The van der Waals surface area contributed by atoms with Gasteiger partial charge < -0.3 is 14.1 Å². The largest absolute Gasteiger partial charge is 0.467 e. The quantitative estimate of drug-likeness (QED) is 0.373. The van der Waals surface area contributed by atoms with Crippen molar-refractivity contribution in [2.24, 2.45) is 0 Å². The lowest BCUT2D eigenvalue weighted by molar-refractivity contribution is -0.385. The molecule has 3 rings (SSSR count). The van der Waals surface area contributed by atoms with Gasteiger partial charge in [0.2, 0.25) is 0 Å². The maximum Gasteiger partial charge on any atom is 0.345 e. The van der Waals surface area contributed by atoms with E-state index in [1.807, 2.05) is 6.08 Å². The number of nitrogens with zero attached hydrogens (tertiary/aromatic N) is 2. The first-order chi connectivity index (χ1) is 14.0. The average Bonchev–Trinajstić information content (AvgIpc) is 3.23. The normalized spacial score (nSPS) is 13.5. The third-order valence-electron chi connectivity index (χ3n) is 4.51. The fourth-order valence-electron chi connectivity index (χ4n) is 3.09.